The number of nitrogens with zero attached hydrogens (tertiary/aromatic N) is 1. The number of aliphatic hydroxyl groups is 2. The van der Waals surface area contributed by atoms with E-state index in [0.717, 1.165) is 23.5 Å². The molecule has 1 aromatic heterocycles. The molecule has 2 atom stereocenters. The Labute approximate surface area is 113 Å². The molecule has 2 N–H and O–H groups in total. The van der Waals surface area contributed by atoms with Crippen LogP contribution in [0.2, 0.25) is 0 Å². The summed E-state index contributed by atoms with van der Waals surface area (Å²) in [6.07, 6.45) is 4.96. The van der Waals surface area contributed by atoms with Crippen LogP contribution in [0.15, 0.2) is 0 Å². The van der Waals surface area contributed by atoms with E-state index in [1.54, 1.807) is 11.3 Å². The van der Waals surface area contributed by atoms with Gasteiger partial charge in [-0.2, -0.15) is 0 Å². The normalized spacial score (nSPS) is 20.9. The lowest BCUT2D eigenvalue weighted by molar-refractivity contribution is -0.0263. The van der Waals surface area contributed by atoms with Crippen LogP contribution in [0.4, 0.5) is 0 Å². The van der Waals surface area contributed by atoms with Gasteiger partial charge in [0.1, 0.15) is 0 Å². The molecule has 1 aromatic rings. The first-order valence-electron chi connectivity index (χ1n) is 6.87. The zero-order valence-electron chi connectivity index (χ0n) is 11.2. The molecule has 3 nitrogen and oxygen atoms in total. The van der Waals surface area contributed by atoms with Crippen molar-refractivity contribution < 1.29 is 10.2 Å². The van der Waals surface area contributed by atoms with Gasteiger partial charge in [0, 0.05) is 11.3 Å². The van der Waals surface area contributed by atoms with Gasteiger partial charge in [-0.1, -0.05) is 19.3 Å². The molecule has 0 bridgehead atoms. The molecule has 0 amide bonds. The molecule has 1 aliphatic carbocycles. The van der Waals surface area contributed by atoms with Gasteiger partial charge in [-0.25, -0.2) is 4.98 Å². The number of hydrogen-bond donors (Lipinski definition) is 2. The largest absolute Gasteiger partial charge is 0.390 e. The molecule has 0 saturated heterocycles. The number of rotatable bonds is 4. The number of aryl methyl sites for hydroxylation is 2. The first-order valence-corrected chi connectivity index (χ1v) is 7.68. The first-order chi connectivity index (χ1) is 8.58. The van der Waals surface area contributed by atoms with Gasteiger partial charge in [-0.3, -0.25) is 0 Å². The van der Waals surface area contributed by atoms with Gasteiger partial charge in [-0.15, -0.1) is 11.3 Å². The Bertz CT molecular complexity index is 366. The van der Waals surface area contributed by atoms with E-state index in [9.17, 15) is 10.2 Å². The van der Waals surface area contributed by atoms with Crippen LogP contribution >= 0.6 is 11.3 Å². The summed E-state index contributed by atoms with van der Waals surface area (Å²) in [6.45, 7) is 4.03. The summed E-state index contributed by atoms with van der Waals surface area (Å²) in [6, 6.07) is 0. The summed E-state index contributed by atoms with van der Waals surface area (Å²) in [5, 5.41) is 21.3. The third-order valence-corrected chi connectivity index (χ3v) is 5.08. The Kier molecular flexibility index (Phi) is 4.76. The van der Waals surface area contributed by atoms with E-state index >= 15 is 0 Å². The number of aromatic nitrogens is 1. The van der Waals surface area contributed by atoms with Gasteiger partial charge in [0.25, 0.3) is 0 Å². The van der Waals surface area contributed by atoms with Crippen LogP contribution in [0.5, 0.6) is 0 Å². The number of thiazole rings is 1. The summed E-state index contributed by atoms with van der Waals surface area (Å²) in [5.74, 6) is 0.274. The maximum atomic E-state index is 10.2. The number of aliphatic hydroxyl groups excluding tert-OH is 2. The minimum atomic E-state index is -0.668. The van der Waals surface area contributed by atoms with E-state index in [0.29, 0.717) is 6.42 Å². The summed E-state index contributed by atoms with van der Waals surface area (Å²) in [7, 11) is 0. The van der Waals surface area contributed by atoms with Crippen molar-refractivity contribution in [2.24, 2.45) is 5.92 Å². The summed E-state index contributed by atoms with van der Waals surface area (Å²) in [4.78, 5) is 5.62. The minimum absolute atomic E-state index is 0.274. The highest BCUT2D eigenvalue weighted by Gasteiger charge is 2.28. The highest BCUT2D eigenvalue weighted by molar-refractivity contribution is 7.11. The van der Waals surface area contributed by atoms with Crippen molar-refractivity contribution in [2.75, 3.05) is 0 Å². The summed E-state index contributed by atoms with van der Waals surface area (Å²) < 4.78 is 0. The van der Waals surface area contributed by atoms with E-state index in [1.165, 1.54) is 24.1 Å². The van der Waals surface area contributed by atoms with Crippen LogP contribution in [-0.4, -0.2) is 27.4 Å². The molecule has 2 rings (SSSR count). The predicted molar refractivity (Wildman–Crippen MR) is 73.9 cm³/mol. The fourth-order valence-electron chi connectivity index (χ4n) is 2.72. The molecule has 102 valence electrons. The van der Waals surface area contributed by atoms with Gasteiger partial charge in [0.05, 0.1) is 22.9 Å². The van der Waals surface area contributed by atoms with E-state index in [4.69, 9.17) is 0 Å². The lowest BCUT2D eigenvalue weighted by Gasteiger charge is -2.29. The van der Waals surface area contributed by atoms with Gasteiger partial charge < -0.3 is 10.2 Å². The Morgan fingerprint density at radius 3 is 2.44 bits per heavy atom. The lowest BCUT2D eigenvalue weighted by atomic mass is 9.83. The smallest absolute Gasteiger partial charge is 0.0957 e. The van der Waals surface area contributed by atoms with Crippen molar-refractivity contribution in [3.8, 4) is 0 Å². The Hall–Kier alpha value is -0.450. The van der Waals surface area contributed by atoms with Crippen LogP contribution < -0.4 is 0 Å². The molecule has 0 radical (unpaired) electrons. The van der Waals surface area contributed by atoms with Crippen LogP contribution in [0, 0.1) is 19.8 Å². The van der Waals surface area contributed by atoms with Crippen molar-refractivity contribution in [3.05, 3.63) is 15.6 Å². The van der Waals surface area contributed by atoms with Gasteiger partial charge >= 0.3 is 0 Å². The highest BCUT2D eigenvalue weighted by Crippen LogP contribution is 2.29. The van der Waals surface area contributed by atoms with Crippen LogP contribution in [-0.2, 0) is 6.42 Å². The second-order valence-electron chi connectivity index (χ2n) is 5.41. The molecule has 2 unspecified atom stereocenters. The van der Waals surface area contributed by atoms with Crippen molar-refractivity contribution in [1.82, 2.24) is 4.98 Å². The molecule has 0 aliphatic heterocycles. The topological polar surface area (TPSA) is 53.4 Å². The van der Waals surface area contributed by atoms with Crippen LogP contribution in [0.3, 0.4) is 0 Å². The Morgan fingerprint density at radius 1 is 1.22 bits per heavy atom. The molecule has 1 fully saturated rings. The van der Waals surface area contributed by atoms with Gasteiger partial charge in [-0.05, 0) is 32.6 Å². The van der Waals surface area contributed by atoms with Crippen molar-refractivity contribution >= 4 is 11.3 Å². The third-order valence-electron chi connectivity index (χ3n) is 3.98. The van der Waals surface area contributed by atoms with E-state index in [-0.39, 0.29) is 5.92 Å². The van der Waals surface area contributed by atoms with Crippen LogP contribution in [0.1, 0.15) is 47.7 Å². The quantitative estimate of drug-likeness (QED) is 0.883. The zero-order chi connectivity index (χ0) is 13.1. The Morgan fingerprint density at radius 2 is 1.89 bits per heavy atom. The van der Waals surface area contributed by atoms with Gasteiger partial charge in [0.15, 0.2) is 0 Å². The second-order valence-corrected chi connectivity index (χ2v) is 6.70. The third kappa shape index (κ3) is 3.31. The molecule has 1 heterocycles. The highest BCUT2D eigenvalue weighted by atomic mass is 32.1. The van der Waals surface area contributed by atoms with Crippen molar-refractivity contribution in [2.45, 2.75) is 64.6 Å². The molecular weight excluding hydrogens is 246 g/mol. The standard InChI is InChI=1S/C14H23NO2S/c1-9-10(2)18-13(15-9)8-12(16)14(17)11-6-4-3-5-7-11/h11-12,14,16-17H,3-8H2,1-2H3. The molecule has 0 spiro atoms. The second kappa shape index (κ2) is 6.13. The summed E-state index contributed by atoms with van der Waals surface area (Å²) in [5.41, 5.74) is 1.04. The lowest BCUT2D eigenvalue weighted by Crippen LogP contribution is -2.36. The summed E-state index contributed by atoms with van der Waals surface area (Å²) >= 11 is 1.62. The maximum absolute atomic E-state index is 10.2. The van der Waals surface area contributed by atoms with Crippen molar-refractivity contribution in [3.63, 3.8) is 0 Å². The molecule has 1 aliphatic rings. The van der Waals surface area contributed by atoms with E-state index < -0.39 is 12.2 Å². The first kappa shape index (κ1) is 14.0. The fraction of sp³-hybridized carbons (Fsp3) is 0.786. The monoisotopic (exact) mass is 269 g/mol. The van der Waals surface area contributed by atoms with Crippen LogP contribution in [0.25, 0.3) is 0 Å². The molecular formula is C14H23NO2S. The van der Waals surface area contributed by atoms with Crippen molar-refractivity contribution in [1.29, 1.82) is 0 Å². The van der Waals surface area contributed by atoms with Gasteiger partial charge in [0.2, 0.25) is 0 Å². The molecule has 4 heteroatoms. The minimum Gasteiger partial charge on any atom is -0.390 e. The molecule has 0 aromatic carbocycles. The maximum Gasteiger partial charge on any atom is 0.0957 e. The average Bonchev–Trinajstić information content (AvgIpc) is 2.68. The predicted octanol–water partition coefficient (Wildman–Crippen LogP) is 2.60. The molecule has 1 saturated carbocycles. The fourth-order valence-corrected chi connectivity index (χ4v) is 3.70. The van der Waals surface area contributed by atoms with E-state index in [2.05, 4.69) is 4.98 Å². The average molecular weight is 269 g/mol. The SMILES string of the molecule is Cc1nc(CC(O)C(O)C2CCCCC2)sc1C. The Balaban J connectivity index is 1.91. The zero-order valence-corrected chi connectivity index (χ0v) is 12.0. The van der Waals surface area contributed by atoms with E-state index in [1.807, 2.05) is 13.8 Å². The molecule has 18 heavy (non-hydrogen) atoms. The number of hydrogen-bond acceptors (Lipinski definition) is 4.